The Hall–Kier alpha value is -12.2. The first kappa shape index (κ1) is 94.4. The van der Waals surface area contributed by atoms with E-state index in [1.807, 2.05) is 85.8 Å². The Bertz CT molecular complexity index is 7430. The van der Waals surface area contributed by atoms with Crippen LogP contribution in [0, 0.1) is 18.6 Å². The van der Waals surface area contributed by atoms with Gasteiger partial charge in [0.05, 0.1) is 139 Å². The molecule has 6 aromatic carbocycles. The van der Waals surface area contributed by atoms with Gasteiger partial charge >= 0.3 is 0 Å². The minimum absolute atomic E-state index is 0.0845. The summed E-state index contributed by atoms with van der Waals surface area (Å²) < 4.78 is 63.7. The number of aromatic nitrogens is 16. The van der Waals surface area contributed by atoms with Gasteiger partial charge < -0.3 is 92.6 Å². The molecule has 43 heteroatoms. The number of hydrogen-bond donors (Lipinski definition) is 9. The number of anilines is 6. The first-order valence-corrected chi connectivity index (χ1v) is 44.5. The number of rotatable bonds is 14. The van der Waals surface area contributed by atoms with E-state index in [2.05, 4.69) is 83.3 Å². The van der Waals surface area contributed by atoms with Crippen molar-refractivity contribution in [2.45, 2.75) is 39.5 Å². The summed E-state index contributed by atoms with van der Waals surface area (Å²) >= 11 is 64.3. The third kappa shape index (κ3) is 19.4. The fraction of sp³-hybridized carbons (Fsp3) is 0.191. The van der Waals surface area contributed by atoms with E-state index < -0.39 is 11.6 Å². The van der Waals surface area contributed by atoms with Crippen LogP contribution in [0.2, 0.25) is 50.2 Å². The SMILES string of the molecule is C=C(N)c1cc2c(-c3c(Cl)cc(Cl)c4c3CCO4)nc(N)nc2s1.CCc1c(C)nc(N)nc1-c1c(Cl)cc(Cl)c2c1CCO2.CN(C)CCOc1cc(-c2nc(N)nc3cc[nH]c23)c(Cl)cc1Cl.COc1cc(-c2nc(N)nc3cc[nH]c23)c(Cl)cc1F.COc1cc(-c2nc(N)nc3ccn(C)c23)c(Cl)cc1F.Cn1ccc2c(-c3c(Cl)cc(Cl)c4c3CCO4)nc(N)nc21. The first-order valence-electron chi connectivity index (χ1n) is 39.9. The molecule has 16 N–H and O–H groups in total. The van der Waals surface area contributed by atoms with Crippen molar-refractivity contribution in [3.8, 4) is 102 Å². The molecule has 17 aromatic rings. The first-order chi connectivity index (χ1) is 63.1. The van der Waals surface area contributed by atoms with Crippen LogP contribution in [0.4, 0.5) is 44.5 Å². The Morgan fingerprint density at radius 1 is 0.477 bits per heavy atom. The molecule has 132 heavy (non-hydrogen) atoms. The van der Waals surface area contributed by atoms with E-state index in [4.69, 9.17) is 185 Å². The molecule has 0 bridgehead atoms. The summed E-state index contributed by atoms with van der Waals surface area (Å²) in [6.45, 7) is 10.8. The summed E-state index contributed by atoms with van der Waals surface area (Å²) in [4.78, 5) is 61.0. The smallest absolute Gasteiger partial charge is 0.222 e. The summed E-state index contributed by atoms with van der Waals surface area (Å²) in [6, 6.07) is 23.1. The summed E-state index contributed by atoms with van der Waals surface area (Å²) in [5.41, 5.74) is 59.0. The number of fused-ring (bicyclic) bond motifs is 8. The second kappa shape index (κ2) is 39.7. The Labute approximate surface area is 805 Å². The fourth-order valence-corrected chi connectivity index (χ4v) is 19.0. The number of aromatic amines is 2. The molecule has 11 aromatic heterocycles. The number of aryl methyl sites for hydroxylation is 3. The quantitative estimate of drug-likeness (QED) is 0.0488. The highest BCUT2D eigenvalue weighted by Gasteiger charge is 2.32. The van der Waals surface area contributed by atoms with Crippen molar-refractivity contribution in [2.75, 3.05) is 95.7 Å². The molecule has 3 aliphatic heterocycles. The van der Waals surface area contributed by atoms with Crippen LogP contribution in [-0.2, 0) is 39.8 Å². The van der Waals surface area contributed by atoms with E-state index >= 15 is 0 Å². The molecule has 0 unspecified atom stereocenters. The van der Waals surface area contributed by atoms with Crippen LogP contribution in [0.15, 0.2) is 116 Å². The Balaban J connectivity index is 0.000000121. The summed E-state index contributed by atoms with van der Waals surface area (Å²) in [7, 11) is 10.5. The van der Waals surface area contributed by atoms with Crippen LogP contribution < -0.4 is 68.6 Å². The van der Waals surface area contributed by atoms with Crippen LogP contribution in [0.3, 0.4) is 0 Å². The number of likely N-dealkylation sites (N-methyl/N-ethyl adjacent to an activating group) is 1. The highest BCUT2D eigenvalue weighted by Crippen LogP contribution is 2.51. The molecular weight excluding hydrogens is 1930 g/mol. The van der Waals surface area contributed by atoms with Gasteiger partial charge in [-0.3, -0.25) is 0 Å². The van der Waals surface area contributed by atoms with Gasteiger partial charge in [0.2, 0.25) is 35.7 Å². The zero-order valence-electron chi connectivity index (χ0n) is 71.1. The number of hydrogen-bond acceptors (Lipinski definition) is 27. The van der Waals surface area contributed by atoms with Crippen molar-refractivity contribution in [2.24, 2.45) is 19.8 Å². The van der Waals surface area contributed by atoms with Gasteiger partial charge in [0.15, 0.2) is 23.1 Å². The van der Waals surface area contributed by atoms with Gasteiger partial charge in [-0.25, -0.2) is 63.6 Å². The van der Waals surface area contributed by atoms with Crippen LogP contribution in [-0.4, -0.2) is 145 Å². The van der Waals surface area contributed by atoms with Gasteiger partial charge in [0.25, 0.3) is 0 Å². The van der Waals surface area contributed by atoms with Gasteiger partial charge in [-0.15, -0.1) is 11.3 Å². The number of halogens is 12. The Morgan fingerprint density at radius 2 is 0.894 bits per heavy atom. The number of methoxy groups -OCH3 is 2. The Kier molecular flexibility index (Phi) is 28.4. The molecule has 30 nitrogen and oxygen atoms in total. The van der Waals surface area contributed by atoms with Crippen LogP contribution >= 0.6 is 127 Å². The maximum absolute atomic E-state index is 13.7. The number of H-pyrrole nitrogens is 2. The molecule has 0 saturated carbocycles. The lowest BCUT2D eigenvalue weighted by atomic mass is 9.96. The fourth-order valence-electron chi connectivity index (χ4n) is 15.2. The number of thiophene rings is 1. The zero-order valence-corrected chi connectivity index (χ0v) is 79.5. The molecule has 20 rings (SSSR count). The molecule has 3 aliphatic rings. The molecule has 0 amide bonds. The summed E-state index contributed by atoms with van der Waals surface area (Å²) in [6.07, 6.45) is 10.3. The monoisotopic (exact) mass is 2000 g/mol. The molecule has 0 fully saturated rings. The molecule has 0 spiro atoms. The van der Waals surface area contributed by atoms with E-state index in [0.717, 1.165) is 119 Å². The second-order valence-corrected chi connectivity index (χ2v) is 35.0. The van der Waals surface area contributed by atoms with Crippen LogP contribution in [0.25, 0.3) is 128 Å². The van der Waals surface area contributed by atoms with E-state index in [0.29, 0.717) is 163 Å². The third-order valence-electron chi connectivity index (χ3n) is 21.1. The molecule has 0 radical (unpaired) electrons. The van der Waals surface area contributed by atoms with E-state index in [1.165, 1.54) is 49.8 Å². The van der Waals surface area contributed by atoms with Crippen molar-refractivity contribution in [1.82, 2.24) is 83.8 Å². The summed E-state index contributed by atoms with van der Waals surface area (Å²) in [5.74, 6) is 2.75. The van der Waals surface area contributed by atoms with Crippen LogP contribution in [0.5, 0.6) is 34.5 Å². The van der Waals surface area contributed by atoms with E-state index in [9.17, 15) is 8.78 Å². The van der Waals surface area contributed by atoms with Crippen LogP contribution in [0.1, 0.15) is 39.7 Å². The van der Waals surface area contributed by atoms with Crippen molar-refractivity contribution < 1.29 is 37.2 Å². The third-order valence-corrected chi connectivity index (χ3v) is 25.1. The predicted molar refractivity (Wildman–Crippen MR) is 525 cm³/mol. The molecule has 14 heterocycles. The van der Waals surface area contributed by atoms with Crippen molar-refractivity contribution in [3.63, 3.8) is 0 Å². The molecule has 0 saturated heterocycles. The number of nitrogen functional groups attached to an aromatic ring is 6. The minimum atomic E-state index is -0.536. The van der Waals surface area contributed by atoms with Crippen molar-refractivity contribution in [3.05, 3.63) is 211 Å². The lowest BCUT2D eigenvalue weighted by molar-refractivity contribution is 0.261. The van der Waals surface area contributed by atoms with E-state index in [-0.39, 0.29) is 57.2 Å². The predicted octanol–water partition coefficient (Wildman–Crippen LogP) is 20.9. The van der Waals surface area contributed by atoms with Crippen molar-refractivity contribution >= 4 is 223 Å². The maximum Gasteiger partial charge on any atom is 0.222 e. The normalized spacial score (nSPS) is 12.2. The van der Waals surface area contributed by atoms with Gasteiger partial charge in [-0.1, -0.05) is 130 Å². The van der Waals surface area contributed by atoms with Gasteiger partial charge in [0.1, 0.15) is 57.2 Å². The highest BCUT2D eigenvalue weighted by atomic mass is 35.5. The molecule has 680 valence electrons. The van der Waals surface area contributed by atoms with Gasteiger partial charge in [0, 0.05) is 137 Å². The topological polar surface area (TPSA) is 437 Å². The standard InChI is InChI=1S/C16H17Cl2N5O.C16H12Cl2N4OS.C15H12Cl2N4O.C15H15Cl2N3O.C14H12ClFN4O.C13H10ClFN4O/c1-23(2)5-6-24-13-7-9(10(17)8-11(13)18)14-15-12(3-4-20-15)21-16(19)22-14;1-6(19)11-4-8-13(21-16(20)22-15(8)24-11)12-7-2-3-23-14(7)10(18)5-9(12)17;1-21-4-2-8-12(19-15(18)20-14(8)21)11-7-3-5-22-13(7)10(17)6-9(11)16;1-3-8-7(2)19-15(18)20-13(8)12-9-4-5-21-14(9)11(17)6-10(12)16;1-20-4-3-10-13(20)12(19-14(17)18-10)7-5-11(21-2)9(16)6-8(7)15;1-20-10-4-6(7(14)5-8(10)15)11-12-9(2-3-17-12)18-13(16)19-11/h3-4,7-8,20H,5-6H2,1-2H3,(H2,19,21,22);4-5H,1-3,19H2,(H2,20,21,22);2,4,6H,3,5H2,1H3,(H2,18,19,20);6H,3-5H2,1-2H3,(H2,18,19,20);3-6H,1-2H3,(H2,17,18,19);2-5,17H,1H3,(H2,16,18,19). The summed E-state index contributed by atoms with van der Waals surface area (Å²) in [5, 5.41) is 6.25. The van der Waals surface area contributed by atoms with E-state index in [1.54, 1.807) is 48.8 Å². The number of nitrogens with zero attached hydrogens (tertiary/aromatic N) is 15. The molecule has 0 aliphatic carbocycles. The minimum Gasteiger partial charge on any atom is -0.494 e. The number of benzene rings is 6. The highest BCUT2D eigenvalue weighted by molar-refractivity contribution is 7.19. The average Bonchev–Trinajstić information content (AvgIpc) is 1.58. The molecular formula is C89H78Cl10F2N24O6S. The lowest BCUT2D eigenvalue weighted by Crippen LogP contribution is -2.19. The molecule has 0 atom stereocenters. The zero-order chi connectivity index (χ0) is 94.3. The largest absolute Gasteiger partial charge is 0.494 e. The van der Waals surface area contributed by atoms with Gasteiger partial charge in [-0.2, -0.15) is 4.98 Å². The number of nitrogens with one attached hydrogen (secondary N) is 2. The Morgan fingerprint density at radius 3 is 1.39 bits per heavy atom. The second-order valence-electron chi connectivity index (χ2n) is 29.9. The van der Waals surface area contributed by atoms with Crippen molar-refractivity contribution in [1.29, 1.82) is 0 Å². The van der Waals surface area contributed by atoms with Gasteiger partial charge in [-0.05, 0) is 118 Å². The lowest BCUT2D eigenvalue weighted by Gasteiger charge is -2.15. The number of nitrogens with two attached hydrogens (primary N) is 7. The maximum atomic E-state index is 13.7. The number of ether oxygens (including phenoxy) is 6. The average molecular weight is 2000 g/mol.